The van der Waals surface area contributed by atoms with Gasteiger partial charge in [-0.25, -0.2) is 9.18 Å². The zero-order valence-electron chi connectivity index (χ0n) is 16.7. The van der Waals surface area contributed by atoms with Crippen molar-refractivity contribution in [1.82, 2.24) is 15.5 Å². The van der Waals surface area contributed by atoms with Crippen LogP contribution in [-0.2, 0) is 21.7 Å². The van der Waals surface area contributed by atoms with E-state index in [0.717, 1.165) is 10.5 Å². The van der Waals surface area contributed by atoms with E-state index in [0.29, 0.717) is 17.0 Å². The highest BCUT2D eigenvalue weighted by atomic mass is 19.1. The molecule has 152 valence electrons. The summed E-state index contributed by atoms with van der Waals surface area (Å²) in [5.74, 6) is -0.957. The fourth-order valence-electron chi connectivity index (χ4n) is 3.24. The molecule has 1 saturated heterocycles. The average Bonchev–Trinajstić information content (AvgIpc) is 2.91. The number of carbonyl (C=O) groups is 3. The molecule has 0 radical (unpaired) electrons. The standard InChI is InChI=1S/C22H24FN3O3/c1-14(2)16-6-8-17(9-7-16)22(3)20(28)26(21(29)25-22)13-19(27)24-12-15-4-10-18(23)11-5-15/h4-11,14H,12-13H2,1-3H3,(H,24,27)(H,25,29)/t22-/m1/s1. The van der Waals surface area contributed by atoms with Crippen LogP contribution in [0.25, 0.3) is 0 Å². The highest BCUT2D eigenvalue weighted by Crippen LogP contribution is 2.29. The lowest BCUT2D eigenvalue weighted by atomic mass is 9.90. The maximum absolute atomic E-state index is 12.9. The van der Waals surface area contributed by atoms with Gasteiger partial charge < -0.3 is 10.6 Å². The minimum absolute atomic E-state index is 0.177. The minimum Gasteiger partial charge on any atom is -0.350 e. The molecule has 3 rings (SSSR count). The summed E-state index contributed by atoms with van der Waals surface area (Å²) in [6, 6.07) is 12.6. The van der Waals surface area contributed by atoms with Crippen LogP contribution < -0.4 is 10.6 Å². The lowest BCUT2D eigenvalue weighted by Crippen LogP contribution is -2.43. The van der Waals surface area contributed by atoms with Crippen LogP contribution in [0, 0.1) is 5.82 Å². The Morgan fingerprint density at radius 3 is 2.31 bits per heavy atom. The number of nitrogens with one attached hydrogen (secondary N) is 2. The number of benzene rings is 2. The maximum Gasteiger partial charge on any atom is 0.325 e. The van der Waals surface area contributed by atoms with Crippen molar-refractivity contribution in [3.63, 3.8) is 0 Å². The Morgan fingerprint density at radius 1 is 1.10 bits per heavy atom. The SMILES string of the molecule is CC(C)c1ccc([C@@]2(C)NC(=O)N(CC(=O)NCc3ccc(F)cc3)C2=O)cc1. The van der Waals surface area contributed by atoms with Crippen molar-refractivity contribution in [1.29, 1.82) is 0 Å². The predicted molar refractivity (Wildman–Crippen MR) is 106 cm³/mol. The molecule has 0 unspecified atom stereocenters. The zero-order valence-corrected chi connectivity index (χ0v) is 16.7. The van der Waals surface area contributed by atoms with Gasteiger partial charge in [0.2, 0.25) is 5.91 Å². The van der Waals surface area contributed by atoms with E-state index in [1.54, 1.807) is 19.1 Å². The number of carbonyl (C=O) groups excluding carboxylic acids is 3. The van der Waals surface area contributed by atoms with Crippen molar-refractivity contribution in [3.8, 4) is 0 Å². The van der Waals surface area contributed by atoms with Gasteiger partial charge in [-0.05, 0) is 41.7 Å². The molecular weight excluding hydrogens is 373 g/mol. The van der Waals surface area contributed by atoms with Gasteiger partial charge in [0.25, 0.3) is 5.91 Å². The number of hydrogen-bond acceptors (Lipinski definition) is 3. The first-order valence-corrected chi connectivity index (χ1v) is 9.46. The summed E-state index contributed by atoms with van der Waals surface area (Å²) in [7, 11) is 0. The molecular formula is C22H24FN3O3. The van der Waals surface area contributed by atoms with Crippen LogP contribution in [0.15, 0.2) is 48.5 Å². The van der Waals surface area contributed by atoms with Crippen molar-refractivity contribution in [2.45, 2.75) is 38.8 Å². The van der Waals surface area contributed by atoms with E-state index < -0.39 is 23.4 Å². The fraction of sp³-hybridized carbons (Fsp3) is 0.318. The molecule has 6 nitrogen and oxygen atoms in total. The molecule has 1 atom stereocenters. The lowest BCUT2D eigenvalue weighted by molar-refractivity contribution is -0.134. The molecule has 1 aliphatic rings. The summed E-state index contributed by atoms with van der Waals surface area (Å²) in [6.07, 6.45) is 0. The van der Waals surface area contributed by atoms with Crippen LogP contribution in [0.1, 0.15) is 43.4 Å². The molecule has 1 fully saturated rings. The number of nitrogens with zero attached hydrogens (tertiary/aromatic N) is 1. The summed E-state index contributed by atoms with van der Waals surface area (Å²) in [4.78, 5) is 38.4. The predicted octanol–water partition coefficient (Wildman–Crippen LogP) is 3.03. The van der Waals surface area contributed by atoms with Crippen LogP contribution in [0.2, 0.25) is 0 Å². The van der Waals surface area contributed by atoms with Crippen molar-refractivity contribution < 1.29 is 18.8 Å². The lowest BCUT2D eigenvalue weighted by Gasteiger charge is -2.22. The van der Waals surface area contributed by atoms with Gasteiger partial charge in [0, 0.05) is 6.54 Å². The Bertz CT molecular complexity index is 925. The molecule has 1 heterocycles. The Balaban J connectivity index is 1.66. The molecule has 0 aromatic heterocycles. The van der Waals surface area contributed by atoms with Gasteiger partial charge in [-0.15, -0.1) is 0 Å². The highest BCUT2D eigenvalue weighted by Gasteiger charge is 2.49. The third-order valence-corrected chi connectivity index (χ3v) is 5.13. The molecule has 7 heteroatoms. The Labute approximate surface area is 169 Å². The second-order valence-corrected chi connectivity index (χ2v) is 7.63. The topological polar surface area (TPSA) is 78.5 Å². The smallest absolute Gasteiger partial charge is 0.325 e. The third-order valence-electron chi connectivity index (χ3n) is 5.13. The zero-order chi connectivity index (χ0) is 21.2. The number of imide groups is 1. The maximum atomic E-state index is 12.9. The van der Waals surface area contributed by atoms with Gasteiger partial charge in [0.05, 0.1) is 0 Å². The molecule has 2 aromatic carbocycles. The number of urea groups is 1. The third kappa shape index (κ3) is 4.29. The second-order valence-electron chi connectivity index (χ2n) is 7.63. The van der Waals surface area contributed by atoms with E-state index in [-0.39, 0.29) is 18.9 Å². The Hall–Kier alpha value is -3.22. The molecule has 4 amide bonds. The normalized spacial score (nSPS) is 18.9. The second kappa shape index (κ2) is 8.03. The fourth-order valence-corrected chi connectivity index (χ4v) is 3.24. The highest BCUT2D eigenvalue weighted by molar-refractivity contribution is 6.09. The Morgan fingerprint density at radius 2 is 1.72 bits per heavy atom. The first kappa shape index (κ1) is 20.5. The molecule has 0 aliphatic carbocycles. The largest absolute Gasteiger partial charge is 0.350 e. The number of halogens is 1. The van der Waals surface area contributed by atoms with Gasteiger partial charge in [0.1, 0.15) is 17.9 Å². The van der Waals surface area contributed by atoms with Crippen molar-refractivity contribution in [2.24, 2.45) is 0 Å². The monoisotopic (exact) mass is 397 g/mol. The molecule has 0 saturated carbocycles. The van der Waals surface area contributed by atoms with Crippen LogP contribution in [0.5, 0.6) is 0 Å². The molecule has 1 aliphatic heterocycles. The van der Waals surface area contributed by atoms with Gasteiger partial charge >= 0.3 is 6.03 Å². The number of amides is 4. The van der Waals surface area contributed by atoms with Gasteiger partial charge in [-0.3, -0.25) is 14.5 Å². The van der Waals surface area contributed by atoms with Crippen molar-refractivity contribution in [2.75, 3.05) is 6.54 Å². The summed E-state index contributed by atoms with van der Waals surface area (Å²) >= 11 is 0. The summed E-state index contributed by atoms with van der Waals surface area (Å²) in [6.45, 7) is 5.58. The van der Waals surface area contributed by atoms with Gasteiger partial charge in [-0.1, -0.05) is 50.2 Å². The van der Waals surface area contributed by atoms with E-state index in [1.807, 2.05) is 24.3 Å². The summed E-state index contributed by atoms with van der Waals surface area (Å²) < 4.78 is 12.9. The van der Waals surface area contributed by atoms with E-state index in [9.17, 15) is 18.8 Å². The van der Waals surface area contributed by atoms with Gasteiger partial charge in [0.15, 0.2) is 0 Å². The van der Waals surface area contributed by atoms with Crippen LogP contribution >= 0.6 is 0 Å². The van der Waals surface area contributed by atoms with Crippen LogP contribution in [0.3, 0.4) is 0 Å². The van der Waals surface area contributed by atoms with Gasteiger partial charge in [-0.2, -0.15) is 0 Å². The van der Waals surface area contributed by atoms with E-state index >= 15 is 0 Å². The first-order valence-electron chi connectivity index (χ1n) is 9.46. The Kier molecular flexibility index (Phi) is 5.68. The van der Waals surface area contributed by atoms with Crippen molar-refractivity contribution in [3.05, 3.63) is 71.0 Å². The molecule has 0 bridgehead atoms. The first-order chi connectivity index (χ1) is 13.7. The quantitative estimate of drug-likeness (QED) is 0.736. The van der Waals surface area contributed by atoms with Crippen LogP contribution in [0.4, 0.5) is 9.18 Å². The summed E-state index contributed by atoms with van der Waals surface area (Å²) in [5, 5.41) is 5.33. The van der Waals surface area contributed by atoms with Crippen LogP contribution in [-0.4, -0.2) is 29.3 Å². The number of hydrogen-bond donors (Lipinski definition) is 2. The molecule has 29 heavy (non-hydrogen) atoms. The van der Waals surface area contributed by atoms with E-state index in [2.05, 4.69) is 24.5 Å². The molecule has 2 aromatic rings. The summed E-state index contributed by atoms with van der Waals surface area (Å²) in [5.41, 5.74) is 1.29. The molecule has 0 spiro atoms. The molecule has 2 N–H and O–H groups in total. The average molecular weight is 397 g/mol. The van der Waals surface area contributed by atoms with E-state index in [4.69, 9.17) is 0 Å². The number of rotatable bonds is 6. The minimum atomic E-state index is -1.22. The van der Waals surface area contributed by atoms with Crippen molar-refractivity contribution >= 4 is 17.8 Å². The van der Waals surface area contributed by atoms with E-state index in [1.165, 1.54) is 12.1 Å².